The fourth-order valence-corrected chi connectivity index (χ4v) is 4.85. The van der Waals surface area contributed by atoms with E-state index in [1.807, 2.05) is 0 Å². The molecule has 0 spiro atoms. The Labute approximate surface area is 181 Å². The second-order valence-corrected chi connectivity index (χ2v) is 9.31. The smallest absolute Gasteiger partial charge is 0.251 e. The van der Waals surface area contributed by atoms with Crippen LogP contribution < -0.4 is 5.32 Å². The molecule has 0 aliphatic carbocycles. The third-order valence-electron chi connectivity index (χ3n) is 5.18. The van der Waals surface area contributed by atoms with Gasteiger partial charge in [-0.1, -0.05) is 30.3 Å². The molecule has 164 valence electrons. The second kappa shape index (κ2) is 9.40. The summed E-state index contributed by atoms with van der Waals surface area (Å²) < 4.78 is 27.2. The summed E-state index contributed by atoms with van der Waals surface area (Å²) in [5, 5.41) is 2.68. The van der Waals surface area contributed by atoms with Gasteiger partial charge in [0.05, 0.1) is 4.90 Å². The highest BCUT2D eigenvalue weighted by Gasteiger charge is 2.32. The average Bonchev–Trinajstić information content (AvgIpc) is 2.79. The van der Waals surface area contributed by atoms with Crippen LogP contribution in [0.15, 0.2) is 59.5 Å². The normalized spacial score (nSPS) is 15.9. The fourth-order valence-electron chi connectivity index (χ4n) is 3.38. The number of piperazine rings is 1. The number of sulfonamides is 1. The minimum absolute atomic E-state index is 0.0588. The Bertz CT molecular complexity index is 1080. The molecule has 1 aliphatic rings. The Morgan fingerprint density at radius 2 is 1.52 bits per heavy atom. The molecule has 1 saturated heterocycles. The van der Waals surface area contributed by atoms with Crippen molar-refractivity contribution in [1.29, 1.82) is 0 Å². The predicted octanol–water partition coefficient (Wildman–Crippen LogP) is 1.54. The molecule has 0 bridgehead atoms. The highest BCUT2D eigenvalue weighted by Crippen LogP contribution is 2.19. The van der Waals surface area contributed by atoms with E-state index in [4.69, 9.17) is 0 Å². The van der Waals surface area contributed by atoms with Gasteiger partial charge in [0.25, 0.3) is 5.91 Å². The van der Waals surface area contributed by atoms with Gasteiger partial charge in [-0.05, 0) is 38.1 Å². The van der Waals surface area contributed by atoms with Gasteiger partial charge in [-0.25, -0.2) is 8.42 Å². The first-order chi connectivity index (χ1) is 14.7. The van der Waals surface area contributed by atoms with Gasteiger partial charge < -0.3 is 10.2 Å². The lowest BCUT2D eigenvalue weighted by Crippen LogP contribution is -2.55. The number of hydrogen-bond donors (Lipinski definition) is 1. The van der Waals surface area contributed by atoms with Crippen molar-refractivity contribution in [2.75, 3.05) is 26.2 Å². The molecule has 0 saturated carbocycles. The van der Waals surface area contributed by atoms with Gasteiger partial charge in [0.2, 0.25) is 15.9 Å². The molecule has 2 aromatic rings. The third-order valence-corrected chi connectivity index (χ3v) is 7.08. The average molecular weight is 444 g/mol. The summed E-state index contributed by atoms with van der Waals surface area (Å²) in [6, 6.07) is 13.8. The van der Waals surface area contributed by atoms with Crippen LogP contribution >= 0.6 is 0 Å². The maximum atomic E-state index is 12.9. The van der Waals surface area contributed by atoms with E-state index in [1.54, 1.807) is 54.3 Å². The van der Waals surface area contributed by atoms with Crippen LogP contribution in [-0.2, 0) is 14.8 Å². The van der Waals surface area contributed by atoms with Crippen molar-refractivity contribution in [2.24, 2.45) is 0 Å². The van der Waals surface area contributed by atoms with Gasteiger partial charge in [0.1, 0.15) is 6.04 Å². The molecule has 9 heteroatoms. The lowest BCUT2D eigenvalue weighted by molar-refractivity contribution is -0.134. The monoisotopic (exact) mass is 443 g/mol. The fraction of sp³-hybridized carbons (Fsp3) is 0.318. The van der Waals surface area contributed by atoms with Crippen molar-refractivity contribution >= 4 is 27.6 Å². The lowest BCUT2D eigenvalue weighted by Gasteiger charge is -2.35. The first-order valence-corrected chi connectivity index (χ1v) is 11.4. The van der Waals surface area contributed by atoms with E-state index in [0.717, 1.165) is 0 Å². The van der Waals surface area contributed by atoms with E-state index in [1.165, 1.54) is 23.4 Å². The van der Waals surface area contributed by atoms with E-state index < -0.39 is 16.1 Å². The van der Waals surface area contributed by atoms with E-state index in [9.17, 15) is 22.8 Å². The van der Waals surface area contributed by atoms with Crippen LogP contribution in [0, 0.1) is 0 Å². The van der Waals surface area contributed by atoms with Crippen molar-refractivity contribution in [3.8, 4) is 0 Å². The molecular formula is C22H25N3O5S. The van der Waals surface area contributed by atoms with Crippen LogP contribution in [0.25, 0.3) is 0 Å². The van der Waals surface area contributed by atoms with Crippen molar-refractivity contribution in [3.05, 3.63) is 65.7 Å². The number of nitrogens with zero attached hydrogens (tertiary/aromatic N) is 2. The first-order valence-electron chi connectivity index (χ1n) is 9.96. The lowest BCUT2D eigenvalue weighted by atomic mass is 10.2. The quantitative estimate of drug-likeness (QED) is 0.682. The van der Waals surface area contributed by atoms with Gasteiger partial charge in [0, 0.05) is 37.3 Å². The summed E-state index contributed by atoms with van der Waals surface area (Å²) in [5.41, 5.74) is 0.795. The van der Waals surface area contributed by atoms with E-state index in [0.29, 0.717) is 11.1 Å². The Morgan fingerprint density at radius 3 is 2.13 bits per heavy atom. The Kier molecular flexibility index (Phi) is 6.87. The molecule has 3 rings (SSSR count). The predicted molar refractivity (Wildman–Crippen MR) is 115 cm³/mol. The van der Waals surface area contributed by atoms with Crippen LogP contribution in [0.1, 0.15) is 34.6 Å². The number of benzene rings is 2. The second-order valence-electron chi connectivity index (χ2n) is 7.37. The molecule has 1 aliphatic heterocycles. The molecule has 1 atom stereocenters. The van der Waals surface area contributed by atoms with E-state index >= 15 is 0 Å². The standard InChI is InChI=1S/C22H25N3O5S/c1-16(23-21(27)18-7-4-3-5-8-18)22(28)24-11-13-25(14-12-24)31(29,30)20-10-6-9-19(15-20)17(2)26/h3-10,15-16H,11-14H2,1-2H3,(H,23,27)/t16-/m0/s1. The zero-order valence-electron chi connectivity index (χ0n) is 17.4. The Balaban J connectivity index is 1.60. The number of ketones is 1. The number of carbonyl (C=O) groups excluding carboxylic acids is 3. The number of Topliss-reactive ketones (excluding diaryl/α,β-unsaturated/α-hetero) is 1. The van der Waals surface area contributed by atoms with Crippen molar-refractivity contribution in [2.45, 2.75) is 24.8 Å². The zero-order valence-corrected chi connectivity index (χ0v) is 18.3. The van der Waals surface area contributed by atoms with Crippen molar-refractivity contribution < 1.29 is 22.8 Å². The highest BCUT2D eigenvalue weighted by atomic mass is 32.2. The molecule has 1 heterocycles. The van der Waals surface area contributed by atoms with Crippen molar-refractivity contribution in [3.63, 3.8) is 0 Å². The van der Waals surface area contributed by atoms with Crippen LogP contribution in [0.4, 0.5) is 0 Å². The molecular weight excluding hydrogens is 418 g/mol. The molecule has 0 radical (unpaired) electrons. The number of amides is 2. The molecule has 0 unspecified atom stereocenters. The SMILES string of the molecule is CC(=O)c1cccc(S(=O)(=O)N2CCN(C(=O)[C@H](C)NC(=O)c3ccccc3)CC2)c1. The molecule has 2 amide bonds. The largest absolute Gasteiger partial charge is 0.341 e. The maximum Gasteiger partial charge on any atom is 0.251 e. The van der Waals surface area contributed by atoms with Gasteiger partial charge in [-0.15, -0.1) is 0 Å². The van der Waals surface area contributed by atoms with E-state index in [2.05, 4.69) is 5.32 Å². The van der Waals surface area contributed by atoms with Crippen LogP contribution in [-0.4, -0.2) is 67.4 Å². The number of nitrogens with one attached hydrogen (secondary N) is 1. The summed E-state index contributed by atoms with van der Waals surface area (Å²) in [7, 11) is -3.77. The summed E-state index contributed by atoms with van der Waals surface area (Å²) in [6.45, 7) is 3.70. The summed E-state index contributed by atoms with van der Waals surface area (Å²) in [4.78, 5) is 38.2. The molecule has 1 fully saturated rings. The van der Waals surface area contributed by atoms with Gasteiger partial charge in [-0.3, -0.25) is 14.4 Å². The number of hydrogen-bond acceptors (Lipinski definition) is 5. The highest BCUT2D eigenvalue weighted by molar-refractivity contribution is 7.89. The van der Waals surface area contributed by atoms with Crippen LogP contribution in [0.2, 0.25) is 0 Å². The summed E-state index contributed by atoms with van der Waals surface area (Å²) in [6.07, 6.45) is 0. The van der Waals surface area contributed by atoms with E-state index in [-0.39, 0.29) is 48.7 Å². The zero-order chi connectivity index (χ0) is 22.6. The summed E-state index contributed by atoms with van der Waals surface area (Å²) in [5.74, 6) is -0.813. The third kappa shape index (κ3) is 5.18. The summed E-state index contributed by atoms with van der Waals surface area (Å²) >= 11 is 0. The Morgan fingerprint density at radius 1 is 0.903 bits per heavy atom. The minimum atomic E-state index is -3.77. The van der Waals surface area contributed by atoms with Gasteiger partial charge in [-0.2, -0.15) is 4.31 Å². The molecule has 0 aromatic heterocycles. The number of carbonyl (C=O) groups is 3. The molecule has 2 aromatic carbocycles. The van der Waals surface area contributed by atoms with Gasteiger partial charge in [0.15, 0.2) is 5.78 Å². The molecule has 8 nitrogen and oxygen atoms in total. The van der Waals surface area contributed by atoms with Crippen LogP contribution in [0.5, 0.6) is 0 Å². The van der Waals surface area contributed by atoms with Crippen LogP contribution in [0.3, 0.4) is 0 Å². The Hall–Kier alpha value is -3.04. The molecule has 1 N–H and O–H groups in total. The van der Waals surface area contributed by atoms with Crippen molar-refractivity contribution in [1.82, 2.24) is 14.5 Å². The minimum Gasteiger partial charge on any atom is -0.341 e. The first kappa shape index (κ1) is 22.6. The number of rotatable bonds is 6. The topological polar surface area (TPSA) is 104 Å². The maximum absolute atomic E-state index is 12.9. The molecule has 31 heavy (non-hydrogen) atoms. The van der Waals surface area contributed by atoms with Gasteiger partial charge >= 0.3 is 0 Å².